The van der Waals surface area contributed by atoms with Gasteiger partial charge in [0.2, 0.25) is 5.91 Å². The molecule has 1 saturated heterocycles. The quantitative estimate of drug-likeness (QED) is 0.671. The summed E-state index contributed by atoms with van der Waals surface area (Å²) in [6.45, 7) is 7.32. The third-order valence-electron chi connectivity index (χ3n) is 6.43. The Hall–Kier alpha value is -2.08. The summed E-state index contributed by atoms with van der Waals surface area (Å²) < 4.78 is 2.04. The average Bonchev–Trinajstić information content (AvgIpc) is 3.15. The van der Waals surface area contributed by atoms with Crippen LogP contribution in [-0.2, 0) is 11.3 Å². The van der Waals surface area contributed by atoms with Crippen molar-refractivity contribution in [2.75, 3.05) is 5.32 Å². The first-order chi connectivity index (χ1) is 14.4. The highest BCUT2D eigenvalue weighted by molar-refractivity contribution is 6.20. The van der Waals surface area contributed by atoms with Gasteiger partial charge >= 0.3 is 0 Å². The first kappa shape index (κ1) is 21.2. The molecule has 1 aliphatic heterocycles. The van der Waals surface area contributed by atoms with Gasteiger partial charge in [-0.05, 0) is 62.6 Å². The van der Waals surface area contributed by atoms with Crippen LogP contribution in [0.3, 0.4) is 0 Å². The maximum atomic E-state index is 12.7. The summed E-state index contributed by atoms with van der Waals surface area (Å²) in [6, 6.07) is 6.36. The number of halogens is 1. The number of nitrogens with zero attached hydrogens (tertiary/aromatic N) is 3. The second-order valence-electron chi connectivity index (χ2n) is 9.28. The smallest absolute Gasteiger partial charge is 0.225 e. The predicted octanol–water partition coefficient (Wildman–Crippen LogP) is 4.31. The van der Waals surface area contributed by atoms with E-state index < -0.39 is 0 Å². The number of anilines is 1. The molecule has 3 heterocycles. The molecule has 0 radical (unpaired) electrons. The first-order valence-corrected chi connectivity index (χ1v) is 11.5. The lowest BCUT2D eigenvalue weighted by atomic mass is 9.74. The van der Waals surface area contributed by atoms with Crippen molar-refractivity contribution in [3.05, 3.63) is 30.6 Å². The molecular formula is C23H32ClN5O. The van der Waals surface area contributed by atoms with Crippen LogP contribution < -0.4 is 10.6 Å². The van der Waals surface area contributed by atoms with Gasteiger partial charge in [-0.1, -0.05) is 13.8 Å². The van der Waals surface area contributed by atoms with Gasteiger partial charge in [-0.2, -0.15) is 5.10 Å². The summed E-state index contributed by atoms with van der Waals surface area (Å²) in [6.07, 6.45) is 7.51. The first-order valence-electron chi connectivity index (χ1n) is 11.1. The van der Waals surface area contributed by atoms with Crippen LogP contribution in [0.1, 0.15) is 46.5 Å². The van der Waals surface area contributed by atoms with Crippen LogP contribution in [0.25, 0.3) is 11.3 Å². The Morgan fingerprint density at radius 1 is 1.23 bits per heavy atom. The molecular weight excluding hydrogens is 398 g/mol. The van der Waals surface area contributed by atoms with Gasteiger partial charge < -0.3 is 10.6 Å². The number of alkyl halides is 1. The SMILES string of the molecule is CC(C)Cn1nccc1-c1ccnc(N[C@@H](C)C2CC3CC(Cl)CCC3NC2=O)c1. The van der Waals surface area contributed by atoms with Gasteiger partial charge in [0, 0.05) is 42.0 Å². The van der Waals surface area contributed by atoms with E-state index in [0.717, 1.165) is 49.3 Å². The van der Waals surface area contributed by atoms with Crippen molar-refractivity contribution in [3.63, 3.8) is 0 Å². The summed E-state index contributed by atoms with van der Waals surface area (Å²) in [5.74, 6) is 1.84. The highest BCUT2D eigenvalue weighted by Gasteiger charge is 2.41. The Morgan fingerprint density at radius 2 is 2.07 bits per heavy atom. The number of amides is 1. The highest BCUT2D eigenvalue weighted by Crippen LogP contribution is 2.37. The Morgan fingerprint density at radius 3 is 2.87 bits per heavy atom. The molecule has 2 aliphatic rings. The number of carbonyl (C=O) groups is 1. The number of rotatable bonds is 6. The lowest BCUT2D eigenvalue weighted by Crippen LogP contribution is -2.55. The molecule has 0 aromatic carbocycles. The van der Waals surface area contributed by atoms with E-state index in [9.17, 15) is 4.79 Å². The van der Waals surface area contributed by atoms with E-state index in [4.69, 9.17) is 11.6 Å². The molecule has 2 aromatic rings. The number of carbonyl (C=O) groups excluding carboxylic acids is 1. The fourth-order valence-electron chi connectivity index (χ4n) is 4.88. The molecule has 1 saturated carbocycles. The van der Waals surface area contributed by atoms with E-state index in [1.165, 1.54) is 0 Å². The summed E-state index contributed by atoms with van der Waals surface area (Å²) in [7, 11) is 0. The largest absolute Gasteiger partial charge is 0.367 e. The van der Waals surface area contributed by atoms with E-state index in [-0.39, 0.29) is 23.2 Å². The molecule has 1 aliphatic carbocycles. The number of nitrogens with one attached hydrogen (secondary N) is 2. The van der Waals surface area contributed by atoms with Gasteiger partial charge in [-0.3, -0.25) is 9.48 Å². The van der Waals surface area contributed by atoms with Gasteiger partial charge in [0.05, 0.1) is 11.6 Å². The summed E-state index contributed by atoms with van der Waals surface area (Å²) in [5.41, 5.74) is 2.15. The maximum Gasteiger partial charge on any atom is 0.225 e. The minimum atomic E-state index is -0.0786. The van der Waals surface area contributed by atoms with E-state index in [1.54, 1.807) is 0 Å². The predicted molar refractivity (Wildman–Crippen MR) is 120 cm³/mol. The second kappa shape index (κ2) is 8.96. The topological polar surface area (TPSA) is 71.8 Å². The zero-order chi connectivity index (χ0) is 21.3. The molecule has 7 heteroatoms. The number of piperidine rings is 1. The standard InChI is InChI=1S/C23H32ClN5O/c1-14(2)13-29-21(7-9-26-29)16-6-8-25-22(12-16)27-15(3)19-11-17-10-18(24)4-5-20(17)28-23(19)30/h6-9,12,14-15,17-20H,4-5,10-11,13H2,1-3H3,(H,25,27)(H,28,30)/t15-,17?,18?,19?,20?/m0/s1. The van der Waals surface area contributed by atoms with Crippen molar-refractivity contribution < 1.29 is 4.79 Å². The fraction of sp³-hybridized carbons (Fsp3) is 0.609. The van der Waals surface area contributed by atoms with Crippen LogP contribution >= 0.6 is 11.6 Å². The van der Waals surface area contributed by atoms with Gasteiger partial charge in [0.1, 0.15) is 5.82 Å². The van der Waals surface area contributed by atoms with Crippen molar-refractivity contribution >= 4 is 23.3 Å². The van der Waals surface area contributed by atoms with E-state index in [0.29, 0.717) is 17.9 Å². The molecule has 2 N–H and O–H groups in total. The Balaban J connectivity index is 1.46. The summed E-state index contributed by atoms with van der Waals surface area (Å²) in [5, 5.41) is 11.4. The van der Waals surface area contributed by atoms with Crippen molar-refractivity contribution in [1.82, 2.24) is 20.1 Å². The highest BCUT2D eigenvalue weighted by atomic mass is 35.5. The normalized spacial score (nSPS) is 27.4. The minimum Gasteiger partial charge on any atom is -0.367 e. The lowest BCUT2D eigenvalue weighted by Gasteiger charge is -2.42. The van der Waals surface area contributed by atoms with Crippen LogP contribution in [0, 0.1) is 17.8 Å². The van der Waals surface area contributed by atoms with Crippen LogP contribution in [0.2, 0.25) is 0 Å². The second-order valence-corrected chi connectivity index (χ2v) is 9.90. The third kappa shape index (κ3) is 4.64. The van der Waals surface area contributed by atoms with Crippen molar-refractivity contribution in [2.45, 2.75) is 70.5 Å². The van der Waals surface area contributed by atoms with Crippen molar-refractivity contribution in [1.29, 1.82) is 0 Å². The van der Waals surface area contributed by atoms with Crippen LogP contribution in [-0.4, -0.2) is 38.1 Å². The van der Waals surface area contributed by atoms with Crippen LogP contribution in [0.5, 0.6) is 0 Å². The molecule has 2 fully saturated rings. The molecule has 4 rings (SSSR count). The molecule has 5 atom stereocenters. The van der Waals surface area contributed by atoms with Gasteiger partial charge in [0.25, 0.3) is 0 Å². The lowest BCUT2D eigenvalue weighted by molar-refractivity contribution is -0.130. The number of hydrogen-bond donors (Lipinski definition) is 2. The molecule has 0 spiro atoms. The number of pyridine rings is 1. The zero-order valence-electron chi connectivity index (χ0n) is 18.0. The molecule has 30 heavy (non-hydrogen) atoms. The molecule has 1 amide bonds. The number of hydrogen-bond acceptors (Lipinski definition) is 4. The van der Waals surface area contributed by atoms with E-state index >= 15 is 0 Å². The molecule has 2 aromatic heterocycles. The fourth-order valence-corrected chi connectivity index (χ4v) is 5.24. The van der Waals surface area contributed by atoms with Crippen molar-refractivity contribution in [2.24, 2.45) is 17.8 Å². The van der Waals surface area contributed by atoms with Crippen molar-refractivity contribution in [3.8, 4) is 11.3 Å². The third-order valence-corrected chi connectivity index (χ3v) is 6.83. The van der Waals surface area contributed by atoms with E-state index in [2.05, 4.69) is 41.5 Å². The van der Waals surface area contributed by atoms with Gasteiger partial charge in [0.15, 0.2) is 0 Å². The van der Waals surface area contributed by atoms with E-state index in [1.807, 2.05) is 35.3 Å². The molecule has 162 valence electrons. The summed E-state index contributed by atoms with van der Waals surface area (Å²) in [4.78, 5) is 17.2. The number of aromatic nitrogens is 3. The van der Waals surface area contributed by atoms with Crippen LogP contribution in [0.4, 0.5) is 5.82 Å². The minimum absolute atomic E-state index is 0.00928. The zero-order valence-corrected chi connectivity index (χ0v) is 18.8. The van der Waals surface area contributed by atoms with Crippen LogP contribution in [0.15, 0.2) is 30.6 Å². The Labute approximate surface area is 183 Å². The Bertz CT molecular complexity index is 882. The average molecular weight is 430 g/mol. The maximum absolute atomic E-state index is 12.7. The van der Waals surface area contributed by atoms with Gasteiger partial charge in [-0.25, -0.2) is 4.98 Å². The van der Waals surface area contributed by atoms with Gasteiger partial charge in [-0.15, -0.1) is 11.6 Å². The number of fused-ring (bicyclic) bond motifs is 1. The summed E-state index contributed by atoms with van der Waals surface area (Å²) >= 11 is 6.39. The molecule has 0 bridgehead atoms. The Kier molecular flexibility index (Phi) is 6.32. The monoisotopic (exact) mass is 429 g/mol. The molecule has 4 unspecified atom stereocenters. The molecule has 6 nitrogen and oxygen atoms in total.